The molecule has 0 unspecified atom stereocenters. The number of amides is 1. The summed E-state index contributed by atoms with van der Waals surface area (Å²) in [5, 5.41) is 18.4. The molecule has 0 atom stereocenters. The lowest BCUT2D eigenvalue weighted by Gasteiger charge is -2.19. The predicted octanol–water partition coefficient (Wildman–Crippen LogP) is 3.16. The fourth-order valence-corrected chi connectivity index (χ4v) is 5.00. The van der Waals surface area contributed by atoms with Crippen LogP contribution in [-0.4, -0.2) is 66.5 Å². The van der Waals surface area contributed by atoms with Crippen LogP contribution in [0.25, 0.3) is 0 Å². The standard InChI is InChI=1S/C24H36N6O4S/c1-3-5-13-26-24-27-17-21(22(29-24)25-14-12-18-6-7-18)23(32)28-19-8-10-20(11-9-19)35(33,34)30(4-2)15-16-31/h8-11,17-18,31H,3-7,12-16H2,1-2H3,(H,28,32)(H2,25,26,27,29). The van der Waals surface area contributed by atoms with Gasteiger partial charge in [-0.2, -0.15) is 9.29 Å². The van der Waals surface area contributed by atoms with Crippen LogP contribution in [0.2, 0.25) is 0 Å². The minimum atomic E-state index is -3.72. The molecule has 0 saturated heterocycles. The van der Waals surface area contributed by atoms with Crippen molar-refractivity contribution in [3.8, 4) is 0 Å². The van der Waals surface area contributed by atoms with Gasteiger partial charge in [-0.05, 0) is 43.0 Å². The quantitative estimate of drug-likeness (QED) is 0.272. The first kappa shape index (κ1) is 26.8. The number of hydrogen-bond donors (Lipinski definition) is 4. The van der Waals surface area contributed by atoms with Crippen LogP contribution in [0, 0.1) is 5.92 Å². The highest BCUT2D eigenvalue weighted by Gasteiger charge is 2.23. The number of carbonyl (C=O) groups is 1. The molecule has 0 radical (unpaired) electrons. The van der Waals surface area contributed by atoms with Crippen LogP contribution in [0.4, 0.5) is 17.5 Å². The van der Waals surface area contributed by atoms with Crippen molar-refractivity contribution in [3.63, 3.8) is 0 Å². The molecule has 10 nitrogen and oxygen atoms in total. The fourth-order valence-electron chi connectivity index (χ4n) is 3.56. The number of benzene rings is 1. The smallest absolute Gasteiger partial charge is 0.260 e. The summed E-state index contributed by atoms with van der Waals surface area (Å²) in [4.78, 5) is 21.9. The molecule has 192 valence electrons. The number of rotatable bonds is 15. The minimum absolute atomic E-state index is 0.0249. The number of unbranched alkanes of at least 4 members (excludes halogenated alkanes) is 1. The van der Waals surface area contributed by atoms with Crippen LogP contribution in [0.5, 0.6) is 0 Å². The maximum atomic E-state index is 13.0. The van der Waals surface area contributed by atoms with Gasteiger partial charge in [0.1, 0.15) is 11.4 Å². The van der Waals surface area contributed by atoms with Gasteiger partial charge in [-0.25, -0.2) is 13.4 Å². The second-order valence-corrected chi connectivity index (χ2v) is 10.5. The normalized spacial score (nSPS) is 13.6. The predicted molar refractivity (Wildman–Crippen MR) is 137 cm³/mol. The van der Waals surface area contributed by atoms with Crippen LogP contribution in [-0.2, 0) is 10.0 Å². The molecule has 1 aliphatic carbocycles. The molecule has 11 heteroatoms. The number of sulfonamides is 1. The summed E-state index contributed by atoms with van der Waals surface area (Å²) in [6.07, 6.45) is 7.10. The molecule has 0 aliphatic heterocycles. The third kappa shape index (κ3) is 7.61. The fraction of sp³-hybridized carbons (Fsp3) is 0.542. The lowest BCUT2D eigenvalue weighted by atomic mass is 10.2. The van der Waals surface area contributed by atoms with Gasteiger partial charge in [0.05, 0.1) is 11.5 Å². The largest absolute Gasteiger partial charge is 0.395 e. The van der Waals surface area contributed by atoms with E-state index in [4.69, 9.17) is 5.11 Å². The van der Waals surface area contributed by atoms with Crippen LogP contribution in [0.3, 0.4) is 0 Å². The van der Waals surface area contributed by atoms with Crippen molar-refractivity contribution in [1.29, 1.82) is 0 Å². The molecule has 4 N–H and O–H groups in total. The molecule has 1 heterocycles. The summed E-state index contributed by atoms with van der Waals surface area (Å²) in [5.41, 5.74) is 0.770. The highest BCUT2D eigenvalue weighted by molar-refractivity contribution is 7.89. The molecule has 2 aromatic rings. The molecular formula is C24H36N6O4S. The SMILES string of the molecule is CCCCNc1ncc(C(=O)Nc2ccc(S(=O)(=O)N(CC)CCO)cc2)c(NCCC2CC2)n1. The van der Waals surface area contributed by atoms with Crippen molar-refractivity contribution in [2.24, 2.45) is 5.92 Å². The molecule has 1 fully saturated rings. The van der Waals surface area contributed by atoms with E-state index in [1.54, 1.807) is 19.1 Å². The van der Waals surface area contributed by atoms with Gasteiger partial charge in [0.15, 0.2) is 0 Å². The molecular weight excluding hydrogens is 468 g/mol. The van der Waals surface area contributed by atoms with E-state index in [1.165, 1.54) is 35.5 Å². The Hall–Kier alpha value is -2.76. The Bertz CT molecular complexity index is 1070. The molecule has 3 rings (SSSR count). The minimum Gasteiger partial charge on any atom is -0.395 e. The molecule has 1 aromatic carbocycles. The zero-order chi connectivity index (χ0) is 25.3. The number of likely N-dealkylation sites (N-methyl/N-ethyl adjacent to an activating group) is 1. The Kier molecular flexibility index (Phi) is 9.82. The molecule has 1 amide bonds. The summed E-state index contributed by atoms with van der Waals surface area (Å²) in [6, 6.07) is 5.96. The first-order chi connectivity index (χ1) is 16.9. The average molecular weight is 505 g/mol. The van der Waals surface area contributed by atoms with Crippen LogP contribution >= 0.6 is 0 Å². The van der Waals surface area contributed by atoms with E-state index in [9.17, 15) is 13.2 Å². The number of anilines is 3. The lowest BCUT2D eigenvalue weighted by Crippen LogP contribution is -2.33. The molecule has 1 aliphatic rings. The highest BCUT2D eigenvalue weighted by atomic mass is 32.2. The number of nitrogens with one attached hydrogen (secondary N) is 3. The van der Waals surface area contributed by atoms with E-state index in [2.05, 4.69) is 32.8 Å². The van der Waals surface area contributed by atoms with Crippen molar-refractivity contribution < 1.29 is 18.3 Å². The second kappa shape index (κ2) is 12.8. The van der Waals surface area contributed by atoms with Crippen molar-refractivity contribution in [2.75, 3.05) is 48.7 Å². The highest BCUT2D eigenvalue weighted by Crippen LogP contribution is 2.32. The first-order valence-corrected chi connectivity index (χ1v) is 13.7. The lowest BCUT2D eigenvalue weighted by molar-refractivity contribution is 0.102. The summed E-state index contributed by atoms with van der Waals surface area (Å²) < 4.78 is 26.7. The topological polar surface area (TPSA) is 137 Å². The average Bonchev–Trinajstić information content (AvgIpc) is 3.67. The van der Waals surface area contributed by atoms with Crippen molar-refractivity contribution in [2.45, 2.75) is 50.8 Å². The van der Waals surface area contributed by atoms with E-state index in [0.29, 0.717) is 23.0 Å². The first-order valence-electron chi connectivity index (χ1n) is 12.3. The number of aliphatic hydroxyl groups is 1. The van der Waals surface area contributed by atoms with Crippen LogP contribution in [0.1, 0.15) is 56.3 Å². The van der Waals surface area contributed by atoms with E-state index in [1.807, 2.05) is 0 Å². The second-order valence-electron chi connectivity index (χ2n) is 8.59. The molecule has 35 heavy (non-hydrogen) atoms. The van der Waals surface area contributed by atoms with Crippen LogP contribution < -0.4 is 16.0 Å². The third-order valence-corrected chi connectivity index (χ3v) is 7.83. The van der Waals surface area contributed by atoms with E-state index in [-0.39, 0.29) is 30.5 Å². The molecule has 1 aromatic heterocycles. The Morgan fingerprint density at radius 1 is 1.14 bits per heavy atom. The summed E-state index contributed by atoms with van der Waals surface area (Å²) in [7, 11) is -3.72. The molecule has 1 saturated carbocycles. The maximum absolute atomic E-state index is 13.0. The van der Waals surface area contributed by atoms with E-state index >= 15 is 0 Å². The van der Waals surface area contributed by atoms with Crippen molar-refractivity contribution >= 4 is 33.4 Å². The van der Waals surface area contributed by atoms with Crippen molar-refractivity contribution in [1.82, 2.24) is 14.3 Å². The van der Waals surface area contributed by atoms with Crippen molar-refractivity contribution in [3.05, 3.63) is 36.0 Å². The maximum Gasteiger partial charge on any atom is 0.260 e. The van der Waals surface area contributed by atoms with E-state index in [0.717, 1.165) is 38.3 Å². The van der Waals surface area contributed by atoms with Gasteiger partial charge >= 0.3 is 0 Å². The van der Waals surface area contributed by atoms with Gasteiger partial charge in [0.25, 0.3) is 5.91 Å². The number of hydrogen-bond acceptors (Lipinski definition) is 8. The zero-order valence-electron chi connectivity index (χ0n) is 20.5. The van der Waals surface area contributed by atoms with Gasteiger partial charge in [-0.1, -0.05) is 33.1 Å². The number of carbonyl (C=O) groups excluding carboxylic acids is 1. The Labute approximate surface area is 207 Å². The summed E-state index contributed by atoms with van der Waals surface area (Å²) >= 11 is 0. The van der Waals surface area contributed by atoms with Gasteiger partial charge < -0.3 is 21.1 Å². The summed E-state index contributed by atoms with van der Waals surface area (Å²) in [5.74, 6) is 1.31. The monoisotopic (exact) mass is 504 g/mol. The Morgan fingerprint density at radius 2 is 1.89 bits per heavy atom. The van der Waals surface area contributed by atoms with E-state index < -0.39 is 10.0 Å². The number of nitrogens with zero attached hydrogens (tertiary/aromatic N) is 3. The van der Waals surface area contributed by atoms with Gasteiger partial charge in [-0.15, -0.1) is 0 Å². The van der Waals surface area contributed by atoms with Gasteiger partial charge in [0, 0.05) is 38.1 Å². The summed E-state index contributed by atoms with van der Waals surface area (Å²) in [6.45, 7) is 5.32. The van der Waals surface area contributed by atoms with Crippen LogP contribution in [0.15, 0.2) is 35.4 Å². The number of aromatic nitrogens is 2. The zero-order valence-corrected chi connectivity index (χ0v) is 21.3. The molecule has 0 spiro atoms. The third-order valence-electron chi connectivity index (χ3n) is 5.84. The Morgan fingerprint density at radius 3 is 2.51 bits per heavy atom. The Balaban J connectivity index is 1.72. The van der Waals surface area contributed by atoms with Gasteiger partial charge in [0.2, 0.25) is 16.0 Å². The molecule has 0 bridgehead atoms. The number of aliphatic hydroxyl groups excluding tert-OH is 1. The van der Waals surface area contributed by atoms with Gasteiger partial charge in [-0.3, -0.25) is 4.79 Å².